The van der Waals surface area contributed by atoms with Crippen molar-refractivity contribution in [3.05, 3.63) is 16.3 Å². The van der Waals surface area contributed by atoms with E-state index in [9.17, 15) is 5.11 Å². The molecule has 0 spiro atoms. The molecule has 0 aromatic carbocycles. The molecule has 3 N–H and O–H groups in total. The van der Waals surface area contributed by atoms with E-state index in [4.69, 9.17) is 10.7 Å². The van der Waals surface area contributed by atoms with Crippen LogP contribution >= 0.6 is 11.3 Å². The Bertz CT molecular complexity index is 719. The van der Waals surface area contributed by atoms with Crippen molar-refractivity contribution in [2.45, 2.75) is 52.2 Å². The number of aliphatic hydroxyl groups is 1. The second-order valence-electron chi connectivity index (χ2n) is 7.54. The topological polar surface area (TPSA) is 75.3 Å². The smallest absolute Gasteiger partial charge is 0.146 e. The van der Waals surface area contributed by atoms with Crippen molar-refractivity contribution < 1.29 is 5.11 Å². The number of likely N-dealkylation sites (N-methyl/N-ethyl adjacent to an activating group) is 1. The van der Waals surface area contributed by atoms with Crippen LogP contribution in [0.2, 0.25) is 0 Å². The predicted molar refractivity (Wildman–Crippen MR) is 95.6 cm³/mol. The number of anilines is 1. The molecule has 0 fully saturated rings. The molecule has 2 aromatic rings. The van der Waals surface area contributed by atoms with Gasteiger partial charge in [0.25, 0.3) is 0 Å². The molecule has 23 heavy (non-hydrogen) atoms. The Morgan fingerprint density at radius 3 is 2.83 bits per heavy atom. The molecule has 1 atom stereocenters. The number of nitrogens with two attached hydrogens (primary N) is 1. The minimum Gasteiger partial charge on any atom is -0.389 e. The van der Waals surface area contributed by atoms with Crippen molar-refractivity contribution in [3.63, 3.8) is 0 Å². The van der Waals surface area contributed by atoms with Gasteiger partial charge in [0.1, 0.15) is 16.5 Å². The molecular formula is C17H26N4OS. The van der Waals surface area contributed by atoms with Gasteiger partial charge in [0.2, 0.25) is 0 Å². The molecule has 0 aliphatic heterocycles. The SMILES string of the molecule is CC1CCc2c(sc3nc(CN(C)CC(C)(C)O)nc(N)c23)C1. The van der Waals surface area contributed by atoms with Crippen molar-refractivity contribution in [1.82, 2.24) is 14.9 Å². The Morgan fingerprint density at radius 1 is 1.39 bits per heavy atom. The zero-order chi connectivity index (χ0) is 16.8. The molecule has 0 amide bonds. The third-order valence-electron chi connectivity index (χ3n) is 4.30. The van der Waals surface area contributed by atoms with E-state index in [0.717, 1.165) is 34.8 Å². The number of thiophene rings is 1. The molecule has 0 radical (unpaired) electrons. The predicted octanol–water partition coefficient (Wildman–Crippen LogP) is 2.60. The first-order valence-corrected chi connectivity index (χ1v) is 9.02. The molecule has 5 nitrogen and oxygen atoms in total. The van der Waals surface area contributed by atoms with Crippen LogP contribution in [0.4, 0.5) is 5.82 Å². The van der Waals surface area contributed by atoms with E-state index in [0.29, 0.717) is 18.9 Å². The zero-order valence-electron chi connectivity index (χ0n) is 14.4. The third kappa shape index (κ3) is 3.65. The summed E-state index contributed by atoms with van der Waals surface area (Å²) in [5, 5.41) is 11.0. The largest absolute Gasteiger partial charge is 0.389 e. The van der Waals surface area contributed by atoms with Gasteiger partial charge in [-0.05, 0) is 51.6 Å². The third-order valence-corrected chi connectivity index (χ3v) is 5.45. The van der Waals surface area contributed by atoms with E-state index in [1.54, 1.807) is 25.2 Å². The van der Waals surface area contributed by atoms with E-state index < -0.39 is 5.60 Å². The summed E-state index contributed by atoms with van der Waals surface area (Å²) in [7, 11) is 1.96. The lowest BCUT2D eigenvalue weighted by Crippen LogP contribution is -2.36. The first-order chi connectivity index (χ1) is 10.7. The van der Waals surface area contributed by atoms with Gasteiger partial charge in [0.15, 0.2) is 0 Å². The second-order valence-corrected chi connectivity index (χ2v) is 8.63. The molecule has 1 aliphatic carbocycles. The molecular weight excluding hydrogens is 308 g/mol. The van der Waals surface area contributed by atoms with Crippen molar-refractivity contribution >= 4 is 27.4 Å². The van der Waals surface area contributed by atoms with Crippen LogP contribution in [-0.4, -0.2) is 39.2 Å². The number of aromatic nitrogens is 2. The van der Waals surface area contributed by atoms with Gasteiger partial charge in [0, 0.05) is 11.4 Å². The van der Waals surface area contributed by atoms with E-state index in [2.05, 4.69) is 11.9 Å². The fourth-order valence-corrected chi connectivity index (χ4v) is 4.85. The molecule has 0 saturated heterocycles. The summed E-state index contributed by atoms with van der Waals surface area (Å²) in [6, 6.07) is 0. The van der Waals surface area contributed by atoms with Crippen LogP contribution in [0, 0.1) is 5.92 Å². The van der Waals surface area contributed by atoms with Gasteiger partial charge >= 0.3 is 0 Å². The van der Waals surface area contributed by atoms with Crippen LogP contribution in [0.5, 0.6) is 0 Å². The minimum atomic E-state index is -0.734. The van der Waals surface area contributed by atoms with E-state index in [-0.39, 0.29) is 0 Å². The highest BCUT2D eigenvalue weighted by atomic mass is 32.1. The normalized spacial score (nSPS) is 18.6. The Labute approximate surface area is 141 Å². The van der Waals surface area contributed by atoms with Crippen LogP contribution in [0.15, 0.2) is 0 Å². The van der Waals surface area contributed by atoms with Crippen LogP contribution in [0.25, 0.3) is 10.2 Å². The van der Waals surface area contributed by atoms with Gasteiger partial charge in [-0.15, -0.1) is 11.3 Å². The van der Waals surface area contributed by atoms with Gasteiger partial charge in [-0.25, -0.2) is 9.97 Å². The van der Waals surface area contributed by atoms with Gasteiger partial charge in [0.05, 0.1) is 17.5 Å². The average molecular weight is 334 g/mol. The zero-order valence-corrected chi connectivity index (χ0v) is 15.2. The number of fused-ring (bicyclic) bond motifs is 3. The summed E-state index contributed by atoms with van der Waals surface area (Å²) in [5.74, 6) is 2.07. The van der Waals surface area contributed by atoms with E-state index in [1.807, 2.05) is 11.9 Å². The molecule has 3 rings (SSSR count). The molecule has 0 saturated carbocycles. The number of nitrogens with zero attached hydrogens (tertiary/aromatic N) is 3. The minimum absolute atomic E-state index is 0.562. The molecule has 0 bridgehead atoms. The molecule has 2 heterocycles. The van der Waals surface area contributed by atoms with E-state index >= 15 is 0 Å². The number of hydrogen-bond donors (Lipinski definition) is 2. The lowest BCUT2D eigenvalue weighted by molar-refractivity contribution is 0.0418. The number of hydrogen-bond acceptors (Lipinski definition) is 6. The Kier molecular flexibility index (Phi) is 4.33. The van der Waals surface area contributed by atoms with E-state index in [1.165, 1.54) is 16.9 Å². The summed E-state index contributed by atoms with van der Waals surface area (Å²) >= 11 is 1.77. The molecule has 126 valence electrons. The maximum Gasteiger partial charge on any atom is 0.146 e. The quantitative estimate of drug-likeness (QED) is 0.899. The van der Waals surface area contributed by atoms with Gasteiger partial charge in [-0.1, -0.05) is 6.92 Å². The fraction of sp³-hybridized carbons (Fsp3) is 0.647. The lowest BCUT2D eigenvalue weighted by atomic mass is 9.89. The number of nitrogen functional groups attached to an aromatic ring is 1. The van der Waals surface area contributed by atoms with Gasteiger partial charge in [-0.3, -0.25) is 4.90 Å². The maximum absolute atomic E-state index is 9.92. The summed E-state index contributed by atoms with van der Waals surface area (Å²) in [6.07, 6.45) is 3.43. The van der Waals surface area contributed by atoms with Crippen molar-refractivity contribution in [3.8, 4) is 0 Å². The monoisotopic (exact) mass is 334 g/mol. The van der Waals surface area contributed by atoms with Crippen LogP contribution < -0.4 is 5.73 Å². The second kappa shape index (κ2) is 6.00. The molecule has 6 heteroatoms. The van der Waals surface area contributed by atoms with Crippen LogP contribution in [-0.2, 0) is 19.4 Å². The van der Waals surface area contributed by atoms with Gasteiger partial charge < -0.3 is 10.8 Å². The summed E-state index contributed by atoms with van der Waals surface area (Å²) in [4.78, 5) is 13.7. The standard InChI is InChI=1S/C17H26N4OS/c1-10-5-6-11-12(7-10)23-16-14(11)15(18)19-13(20-16)8-21(4)9-17(2,3)22/h10,22H,5-9H2,1-4H3,(H2,18,19,20). The summed E-state index contributed by atoms with van der Waals surface area (Å²) < 4.78 is 0. The summed E-state index contributed by atoms with van der Waals surface area (Å²) in [6.45, 7) is 7.06. The highest BCUT2D eigenvalue weighted by molar-refractivity contribution is 7.19. The lowest BCUT2D eigenvalue weighted by Gasteiger charge is -2.24. The Morgan fingerprint density at radius 2 is 2.13 bits per heavy atom. The van der Waals surface area contributed by atoms with Crippen LogP contribution in [0.3, 0.4) is 0 Å². The highest BCUT2D eigenvalue weighted by Crippen LogP contribution is 2.39. The average Bonchev–Trinajstić information content (AvgIpc) is 2.73. The van der Waals surface area contributed by atoms with Crippen molar-refractivity contribution in [2.75, 3.05) is 19.3 Å². The first-order valence-electron chi connectivity index (χ1n) is 8.20. The molecule has 2 aromatic heterocycles. The Hall–Kier alpha value is -1.24. The molecule has 1 aliphatic rings. The van der Waals surface area contributed by atoms with Gasteiger partial charge in [-0.2, -0.15) is 0 Å². The fourth-order valence-electron chi connectivity index (χ4n) is 3.45. The molecule has 1 unspecified atom stereocenters. The number of aryl methyl sites for hydroxylation is 1. The first kappa shape index (κ1) is 16.6. The van der Waals surface area contributed by atoms with Crippen molar-refractivity contribution in [1.29, 1.82) is 0 Å². The summed E-state index contributed by atoms with van der Waals surface area (Å²) in [5.41, 5.74) is 6.89. The van der Waals surface area contributed by atoms with Crippen molar-refractivity contribution in [2.24, 2.45) is 5.92 Å². The van der Waals surface area contributed by atoms with Crippen LogP contribution in [0.1, 0.15) is 43.5 Å². The Balaban J connectivity index is 1.90. The maximum atomic E-state index is 9.92. The highest BCUT2D eigenvalue weighted by Gasteiger charge is 2.23. The number of rotatable bonds is 4.